The molecule has 3 rings (SSSR count). The zero-order chi connectivity index (χ0) is 17.1. The molecule has 1 heterocycles. The molecule has 0 saturated carbocycles. The molecule has 0 bridgehead atoms. The summed E-state index contributed by atoms with van der Waals surface area (Å²) in [6.07, 6.45) is 0. The van der Waals surface area contributed by atoms with Gasteiger partial charge in [-0.25, -0.2) is 4.98 Å². The van der Waals surface area contributed by atoms with Crippen molar-refractivity contribution in [2.75, 3.05) is 0 Å². The van der Waals surface area contributed by atoms with Crippen LogP contribution in [0.2, 0.25) is 0 Å². The maximum Gasteiger partial charge on any atom is 0.280 e. The molecular formula is C16H12N4O4. The molecule has 1 aromatic heterocycles. The largest absolute Gasteiger partial charge is 0.508 e. The molecular weight excluding hydrogens is 312 g/mol. The van der Waals surface area contributed by atoms with Gasteiger partial charge in [0.25, 0.3) is 12.5 Å². The molecule has 0 radical (unpaired) electrons. The lowest BCUT2D eigenvalue weighted by Gasteiger charge is -2.02. The maximum atomic E-state index is 12.6. The summed E-state index contributed by atoms with van der Waals surface area (Å²) in [6, 6.07) is 14.5. The highest BCUT2D eigenvalue weighted by atomic mass is 16.6. The minimum absolute atomic E-state index is 0.0767. The fourth-order valence-electron chi connectivity index (χ4n) is 2.20. The van der Waals surface area contributed by atoms with E-state index in [1.54, 1.807) is 24.3 Å². The van der Waals surface area contributed by atoms with E-state index in [9.17, 15) is 20.0 Å². The third-order valence-corrected chi connectivity index (χ3v) is 3.26. The van der Waals surface area contributed by atoms with Crippen LogP contribution in [-0.4, -0.2) is 30.7 Å². The van der Waals surface area contributed by atoms with Crippen LogP contribution in [0.25, 0.3) is 11.4 Å². The van der Waals surface area contributed by atoms with Crippen molar-refractivity contribution in [2.45, 2.75) is 6.54 Å². The van der Waals surface area contributed by atoms with E-state index in [4.69, 9.17) is 0 Å². The van der Waals surface area contributed by atoms with Gasteiger partial charge in [-0.2, -0.15) is 4.68 Å². The Balaban J connectivity index is 2.06. The normalized spacial score (nSPS) is 10.5. The van der Waals surface area contributed by atoms with Gasteiger partial charge >= 0.3 is 0 Å². The average molecular weight is 324 g/mol. The Morgan fingerprint density at radius 2 is 1.92 bits per heavy atom. The summed E-state index contributed by atoms with van der Waals surface area (Å²) in [4.78, 5) is 27.0. The molecule has 0 spiro atoms. The van der Waals surface area contributed by atoms with Crippen molar-refractivity contribution in [1.82, 2.24) is 14.8 Å². The van der Waals surface area contributed by atoms with Crippen LogP contribution >= 0.6 is 0 Å². The summed E-state index contributed by atoms with van der Waals surface area (Å²) in [5.74, 6) is -0.536. The molecule has 0 unspecified atom stereocenters. The Kier molecular flexibility index (Phi) is 4.02. The highest BCUT2D eigenvalue weighted by molar-refractivity contribution is 5.96. The number of hydrogen-bond donors (Lipinski definition) is 1. The number of aromatic nitrogens is 3. The number of carbonyl (C=O) groups is 1. The molecule has 120 valence electrons. The standard InChI is InChI=1S/C16H12N4O4/c21-13-8-4-7-12(9-13)16(22)20-14(10-19(23)24)17-15(18-20)11-5-2-1-3-6-11/h1-9,21H,10H2. The first-order valence-electron chi connectivity index (χ1n) is 7.01. The second-order valence-electron chi connectivity index (χ2n) is 4.98. The highest BCUT2D eigenvalue weighted by Crippen LogP contribution is 2.18. The van der Waals surface area contributed by atoms with E-state index >= 15 is 0 Å². The number of phenols is 1. The van der Waals surface area contributed by atoms with Crippen molar-refractivity contribution >= 4 is 5.91 Å². The number of rotatable bonds is 4. The van der Waals surface area contributed by atoms with Crippen molar-refractivity contribution in [1.29, 1.82) is 0 Å². The average Bonchev–Trinajstić information content (AvgIpc) is 2.98. The molecule has 8 heteroatoms. The van der Waals surface area contributed by atoms with Crippen LogP contribution in [0.1, 0.15) is 16.2 Å². The van der Waals surface area contributed by atoms with Crippen molar-refractivity contribution in [3.63, 3.8) is 0 Å². The monoisotopic (exact) mass is 324 g/mol. The van der Waals surface area contributed by atoms with Gasteiger partial charge < -0.3 is 5.11 Å². The maximum absolute atomic E-state index is 12.6. The van der Waals surface area contributed by atoms with Gasteiger partial charge in [-0.3, -0.25) is 14.9 Å². The van der Waals surface area contributed by atoms with E-state index in [2.05, 4.69) is 10.1 Å². The van der Waals surface area contributed by atoms with Crippen molar-refractivity contribution in [3.05, 3.63) is 76.1 Å². The quantitative estimate of drug-likeness (QED) is 0.581. The molecule has 0 fully saturated rings. The Morgan fingerprint density at radius 3 is 2.58 bits per heavy atom. The summed E-state index contributed by atoms with van der Waals surface area (Å²) >= 11 is 0. The fraction of sp³-hybridized carbons (Fsp3) is 0.0625. The lowest BCUT2D eigenvalue weighted by atomic mass is 10.2. The molecule has 3 aromatic rings. The first-order chi connectivity index (χ1) is 11.5. The predicted molar refractivity (Wildman–Crippen MR) is 84.0 cm³/mol. The second-order valence-corrected chi connectivity index (χ2v) is 4.98. The van der Waals surface area contributed by atoms with E-state index in [0.29, 0.717) is 5.56 Å². The predicted octanol–water partition coefficient (Wildman–Crippen LogP) is 2.12. The molecule has 0 amide bonds. The number of hydrogen-bond acceptors (Lipinski definition) is 6. The van der Waals surface area contributed by atoms with Gasteiger partial charge in [0.2, 0.25) is 5.82 Å². The minimum atomic E-state index is -0.635. The van der Waals surface area contributed by atoms with E-state index in [1.807, 2.05) is 6.07 Å². The molecule has 0 atom stereocenters. The molecule has 1 N–H and O–H groups in total. The van der Waals surface area contributed by atoms with Gasteiger partial charge in [-0.1, -0.05) is 36.4 Å². The van der Waals surface area contributed by atoms with Gasteiger partial charge in [-0.05, 0) is 18.2 Å². The first kappa shape index (κ1) is 15.3. The Hall–Kier alpha value is -3.55. The molecule has 0 saturated heterocycles. The molecule has 0 aliphatic heterocycles. The van der Waals surface area contributed by atoms with E-state index in [0.717, 1.165) is 4.68 Å². The Morgan fingerprint density at radius 1 is 1.17 bits per heavy atom. The van der Waals surface area contributed by atoms with Crippen LogP contribution in [0.5, 0.6) is 5.75 Å². The summed E-state index contributed by atoms with van der Waals surface area (Å²) in [5, 5.41) is 24.5. The smallest absolute Gasteiger partial charge is 0.280 e. The van der Waals surface area contributed by atoms with Crippen LogP contribution < -0.4 is 0 Å². The number of benzene rings is 2. The number of phenolic OH excluding ortho intramolecular Hbond substituents is 1. The highest BCUT2D eigenvalue weighted by Gasteiger charge is 2.22. The summed E-state index contributed by atoms with van der Waals surface area (Å²) < 4.78 is 0.903. The van der Waals surface area contributed by atoms with Crippen molar-refractivity contribution in [2.24, 2.45) is 0 Å². The molecule has 0 aliphatic carbocycles. The van der Waals surface area contributed by atoms with Crippen LogP contribution in [0.15, 0.2) is 54.6 Å². The molecule has 24 heavy (non-hydrogen) atoms. The van der Waals surface area contributed by atoms with Crippen molar-refractivity contribution in [3.8, 4) is 17.1 Å². The summed E-state index contributed by atoms with van der Waals surface area (Å²) in [5.41, 5.74) is 0.800. The Bertz CT molecular complexity index is 905. The van der Waals surface area contributed by atoms with Crippen molar-refractivity contribution < 1.29 is 14.8 Å². The van der Waals surface area contributed by atoms with Crippen LogP contribution in [-0.2, 0) is 6.54 Å². The molecule has 8 nitrogen and oxygen atoms in total. The third kappa shape index (κ3) is 3.12. The number of aromatic hydroxyl groups is 1. The van der Waals surface area contributed by atoms with Crippen LogP contribution in [0.4, 0.5) is 0 Å². The summed E-state index contributed by atoms with van der Waals surface area (Å²) in [6.45, 7) is -0.635. The number of carbonyl (C=O) groups excluding carboxylic acids is 1. The lowest BCUT2D eigenvalue weighted by Crippen LogP contribution is -2.18. The van der Waals surface area contributed by atoms with Gasteiger partial charge in [0.15, 0.2) is 5.82 Å². The lowest BCUT2D eigenvalue weighted by molar-refractivity contribution is -0.498. The van der Waals surface area contributed by atoms with E-state index in [1.165, 1.54) is 24.3 Å². The molecule has 2 aromatic carbocycles. The molecule has 0 aliphatic rings. The van der Waals surface area contributed by atoms with Crippen LogP contribution in [0.3, 0.4) is 0 Å². The van der Waals surface area contributed by atoms with E-state index < -0.39 is 17.4 Å². The van der Waals surface area contributed by atoms with E-state index in [-0.39, 0.29) is 23.0 Å². The number of nitro groups is 1. The van der Waals surface area contributed by atoms with Gasteiger partial charge in [0.05, 0.1) is 0 Å². The van der Waals surface area contributed by atoms with Gasteiger partial charge in [0.1, 0.15) is 5.75 Å². The van der Waals surface area contributed by atoms with Crippen LogP contribution in [0, 0.1) is 10.1 Å². The second kappa shape index (κ2) is 6.29. The zero-order valence-electron chi connectivity index (χ0n) is 12.4. The fourth-order valence-corrected chi connectivity index (χ4v) is 2.20. The minimum Gasteiger partial charge on any atom is -0.508 e. The third-order valence-electron chi connectivity index (χ3n) is 3.26. The van der Waals surface area contributed by atoms with Gasteiger partial charge in [-0.15, -0.1) is 5.10 Å². The Labute approximate surface area is 136 Å². The topological polar surface area (TPSA) is 111 Å². The van der Waals surface area contributed by atoms with Gasteiger partial charge in [0, 0.05) is 16.1 Å². The zero-order valence-corrected chi connectivity index (χ0v) is 12.4. The first-order valence-corrected chi connectivity index (χ1v) is 7.01. The number of nitrogens with zero attached hydrogens (tertiary/aromatic N) is 4. The summed E-state index contributed by atoms with van der Waals surface area (Å²) in [7, 11) is 0. The SMILES string of the molecule is O=C(c1cccc(O)c1)n1nc(-c2ccccc2)nc1C[N+](=O)[O-].